The molecule has 31 heavy (non-hydrogen) atoms. The van der Waals surface area contributed by atoms with E-state index in [0.717, 1.165) is 37.7 Å². The van der Waals surface area contributed by atoms with Crippen molar-refractivity contribution in [1.82, 2.24) is 14.8 Å². The smallest absolute Gasteiger partial charge is 0.256 e. The molecule has 2 fully saturated rings. The molecular formula is C23H26FN4O3. The van der Waals surface area contributed by atoms with E-state index in [1.165, 1.54) is 12.1 Å². The molecule has 3 N–H and O–H groups in total. The minimum Gasteiger partial charge on any atom is -0.366 e. The highest BCUT2D eigenvalue weighted by molar-refractivity contribution is 6.07. The van der Waals surface area contributed by atoms with E-state index < -0.39 is 11.5 Å². The number of carbonyl (C=O) groups excluding carboxylic acids is 2. The van der Waals surface area contributed by atoms with E-state index in [9.17, 15) is 18.8 Å². The van der Waals surface area contributed by atoms with Crippen LogP contribution < -0.4 is 11.3 Å². The van der Waals surface area contributed by atoms with Crippen LogP contribution in [0.25, 0.3) is 0 Å². The van der Waals surface area contributed by atoms with Crippen LogP contribution in [-0.4, -0.2) is 59.3 Å². The summed E-state index contributed by atoms with van der Waals surface area (Å²) in [6, 6.07) is 7.66. The number of aryl methyl sites for hydroxylation is 1. The van der Waals surface area contributed by atoms with Crippen LogP contribution >= 0.6 is 0 Å². The molecule has 4 rings (SSSR count). The van der Waals surface area contributed by atoms with Crippen molar-refractivity contribution in [1.29, 1.82) is 0 Å². The standard InChI is InChI=1S/C23H26FN4O3/c1-14-21(19(22(25)30)9-20(29)26-14)23(31)28-12-16-10-27(11-17(16)13-28)7-3-5-15-4-2-6-18(24)8-15/h2,4-6,8-9,16-17H,3,7,10-13H2,1H3,(H2,25,30)(H,26,29)/t16-,17?/m0/s1. The zero-order valence-corrected chi connectivity index (χ0v) is 17.4. The van der Waals surface area contributed by atoms with Crippen molar-refractivity contribution in [3.63, 3.8) is 0 Å². The minimum atomic E-state index is -0.780. The van der Waals surface area contributed by atoms with E-state index in [4.69, 9.17) is 5.73 Å². The quantitative estimate of drug-likeness (QED) is 0.734. The molecule has 2 atom stereocenters. The number of carbonyl (C=O) groups is 2. The largest absolute Gasteiger partial charge is 0.366 e. The van der Waals surface area contributed by atoms with E-state index >= 15 is 0 Å². The second kappa shape index (κ2) is 8.63. The van der Waals surface area contributed by atoms with Gasteiger partial charge in [-0.2, -0.15) is 0 Å². The van der Waals surface area contributed by atoms with Gasteiger partial charge in [0.2, 0.25) is 11.5 Å². The summed E-state index contributed by atoms with van der Waals surface area (Å²) in [6.45, 7) is 5.53. The first-order valence-corrected chi connectivity index (χ1v) is 10.5. The summed E-state index contributed by atoms with van der Waals surface area (Å²) in [4.78, 5) is 43.3. The average Bonchev–Trinajstić information content (AvgIpc) is 3.26. The van der Waals surface area contributed by atoms with Gasteiger partial charge in [0.15, 0.2) is 0 Å². The van der Waals surface area contributed by atoms with Gasteiger partial charge in [-0.3, -0.25) is 14.4 Å². The Balaban J connectivity index is 1.34. The number of rotatable bonds is 6. The summed E-state index contributed by atoms with van der Waals surface area (Å²) >= 11 is 0. The number of hydrogen-bond acceptors (Lipinski definition) is 4. The second-order valence-electron chi connectivity index (χ2n) is 8.45. The Hall–Kier alpha value is -3.00. The molecule has 1 radical (unpaired) electrons. The van der Waals surface area contributed by atoms with Gasteiger partial charge in [-0.1, -0.05) is 12.1 Å². The third kappa shape index (κ3) is 4.54. The molecule has 163 valence electrons. The maximum atomic E-state index is 13.3. The molecule has 1 aromatic heterocycles. The number of pyridine rings is 1. The molecular weight excluding hydrogens is 399 g/mol. The number of nitrogens with zero attached hydrogens (tertiary/aromatic N) is 2. The van der Waals surface area contributed by atoms with Crippen molar-refractivity contribution >= 4 is 11.8 Å². The van der Waals surface area contributed by atoms with Crippen molar-refractivity contribution in [3.8, 4) is 0 Å². The highest BCUT2D eigenvalue weighted by atomic mass is 19.1. The normalized spacial score (nSPS) is 20.8. The number of nitrogens with two attached hydrogens (primary N) is 1. The fourth-order valence-corrected chi connectivity index (χ4v) is 4.80. The summed E-state index contributed by atoms with van der Waals surface area (Å²) in [5.41, 5.74) is 6.36. The molecule has 8 heteroatoms. The summed E-state index contributed by atoms with van der Waals surface area (Å²) in [5, 5.41) is 0. The van der Waals surface area contributed by atoms with E-state index in [1.54, 1.807) is 17.9 Å². The van der Waals surface area contributed by atoms with Crippen molar-refractivity contribution < 1.29 is 14.0 Å². The Morgan fingerprint density at radius 2 is 1.90 bits per heavy atom. The van der Waals surface area contributed by atoms with Gasteiger partial charge in [0.25, 0.3) is 5.91 Å². The van der Waals surface area contributed by atoms with Crippen molar-refractivity contribution in [2.75, 3.05) is 32.7 Å². The van der Waals surface area contributed by atoms with E-state index in [2.05, 4.69) is 9.88 Å². The molecule has 2 aliphatic rings. The van der Waals surface area contributed by atoms with Crippen LogP contribution in [0.3, 0.4) is 0 Å². The number of H-pyrrole nitrogens is 1. The van der Waals surface area contributed by atoms with Gasteiger partial charge < -0.3 is 20.5 Å². The Morgan fingerprint density at radius 1 is 1.19 bits per heavy atom. The molecule has 2 amide bonds. The van der Waals surface area contributed by atoms with Gasteiger partial charge in [0.05, 0.1) is 11.1 Å². The Bertz CT molecular complexity index is 1050. The van der Waals surface area contributed by atoms with Crippen LogP contribution in [0.1, 0.15) is 38.4 Å². The molecule has 0 saturated carbocycles. The summed E-state index contributed by atoms with van der Waals surface area (Å²) in [7, 11) is 0. The van der Waals surface area contributed by atoms with Crippen LogP contribution in [0.2, 0.25) is 0 Å². The minimum absolute atomic E-state index is 0.0298. The lowest BCUT2D eigenvalue weighted by Crippen LogP contribution is -2.36. The molecule has 0 bridgehead atoms. The van der Waals surface area contributed by atoms with Crippen molar-refractivity contribution in [3.05, 3.63) is 75.3 Å². The number of primary amides is 1. The van der Waals surface area contributed by atoms with Crippen LogP contribution in [-0.2, 0) is 0 Å². The van der Waals surface area contributed by atoms with Crippen molar-refractivity contribution in [2.45, 2.75) is 13.3 Å². The molecule has 2 aliphatic heterocycles. The average molecular weight is 425 g/mol. The van der Waals surface area contributed by atoms with Crippen molar-refractivity contribution in [2.24, 2.45) is 17.6 Å². The number of amides is 2. The SMILES string of the molecule is Cc1[nH]c(=O)cc(C(N)=O)c1C(=O)N1CC2CN(CC[CH]c3cccc(F)c3)C[C@H]2C1. The molecule has 3 heterocycles. The van der Waals surface area contributed by atoms with Crippen LogP contribution in [0, 0.1) is 31.0 Å². The first-order chi connectivity index (χ1) is 14.8. The van der Waals surface area contributed by atoms with Gasteiger partial charge in [0.1, 0.15) is 5.82 Å². The number of aromatic nitrogens is 1. The number of hydrogen-bond donors (Lipinski definition) is 2. The van der Waals surface area contributed by atoms with Gasteiger partial charge in [0, 0.05) is 37.9 Å². The number of nitrogens with one attached hydrogen (secondary N) is 1. The van der Waals surface area contributed by atoms with Crippen LogP contribution in [0.15, 0.2) is 35.1 Å². The summed E-state index contributed by atoms with van der Waals surface area (Å²) < 4.78 is 13.3. The number of halogens is 1. The second-order valence-corrected chi connectivity index (χ2v) is 8.45. The first-order valence-electron chi connectivity index (χ1n) is 10.5. The predicted molar refractivity (Wildman–Crippen MR) is 114 cm³/mol. The lowest BCUT2D eigenvalue weighted by atomic mass is 10.0. The third-order valence-electron chi connectivity index (χ3n) is 6.23. The monoisotopic (exact) mass is 425 g/mol. The number of fused-ring (bicyclic) bond motifs is 1. The Morgan fingerprint density at radius 3 is 2.55 bits per heavy atom. The molecule has 2 aromatic rings. The van der Waals surface area contributed by atoms with Crippen LogP contribution in [0.4, 0.5) is 4.39 Å². The third-order valence-corrected chi connectivity index (χ3v) is 6.23. The first kappa shape index (κ1) is 21.2. The Kier molecular flexibility index (Phi) is 5.91. The molecule has 1 unspecified atom stereocenters. The highest BCUT2D eigenvalue weighted by Crippen LogP contribution is 2.32. The zero-order chi connectivity index (χ0) is 22.1. The van der Waals surface area contributed by atoms with E-state index in [-0.39, 0.29) is 22.9 Å². The van der Waals surface area contributed by atoms with Gasteiger partial charge >= 0.3 is 0 Å². The number of aromatic amines is 1. The van der Waals surface area contributed by atoms with E-state index in [0.29, 0.717) is 30.6 Å². The number of benzene rings is 1. The fraction of sp³-hybridized carbons (Fsp3) is 0.391. The van der Waals surface area contributed by atoms with Gasteiger partial charge in [-0.15, -0.1) is 0 Å². The lowest BCUT2D eigenvalue weighted by molar-refractivity contribution is 0.0767. The Labute approximate surface area is 180 Å². The predicted octanol–water partition coefficient (Wildman–Crippen LogP) is 1.57. The van der Waals surface area contributed by atoms with Gasteiger partial charge in [-0.05, 0) is 55.8 Å². The highest BCUT2D eigenvalue weighted by Gasteiger charge is 2.42. The molecule has 1 aromatic carbocycles. The molecule has 0 aliphatic carbocycles. The molecule has 0 spiro atoms. The maximum absolute atomic E-state index is 13.3. The maximum Gasteiger partial charge on any atom is 0.256 e. The fourth-order valence-electron chi connectivity index (χ4n) is 4.80. The number of likely N-dealkylation sites (tertiary alicyclic amines) is 2. The van der Waals surface area contributed by atoms with Gasteiger partial charge in [-0.25, -0.2) is 4.39 Å². The zero-order valence-electron chi connectivity index (χ0n) is 17.4. The topological polar surface area (TPSA) is 99.5 Å². The summed E-state index contributed by atoms with van der Waals surface area (Å²) in [6.07, 6.45) is 2.88. The molecule has 2 saturated heterocycles. The lowest BCUT2D eigenvalue weighted by Gasteiger charge is -2.23. The summed E-state index contributed by atoms with van der Waals surface area (Å²) in [5.74, 6) is -0.525. The van der Waals surface area contributed by atoms with E-state index in [1.807, 2.05) is 12.5 Å². The molecule has 7 nitrogen and oxygen atoms in total. The van der Waals surface area contributed by atoms with Crippen LogP contribution in [0.5, 0.6) is 0 Å².